The highest BCUT2D eigenvalue weighted by Gasteiger charge is 2.21. The number of nitrogens with one attached hydrogen (secondary N) is 2. The largest absolute Gasteiger partial charge is 0.335 e. The lowest BCUT2D eigenvalue weighted by Gasteiger charge is -2.27. The van der Waals surface area contributed by atoms with E-state index in [0.717, 1.165) is 42.1 Å². The molecule has 0 spiro atoms. The summed E-state index contributed by atoms with van der Waals surface area (Å²) in [5.41, 5.74) is 6.06. The number of aromatic amines is 2. The zero-order chi connectivity index (χ0) is 16.8. The van der Waals surface area contributed by atoms with Gasteiger partial charge in [0.2, 0.25) is 0 Å². The number of fused-ring (bicyclic) bond motifs is 2. The Hall–Kier alpha value is -2.25. The van der Waals surface area contributed by atoms with Crippen LogP contribution in [-0.4, -0.2) is 30.8 Å². The zero-order valence-electron chi connectivity index (χ0n) is 13.7. The number of hydrogen-bond donors (Lipinski definition) is 2. The second-order valence-electron chi connectivity index (χ2n) is 6.35. The van der Waals surface area contributed by atoms with Gasteiger partial charge >= 0.3 is 0 Å². The standard InChI is InChI=1S/C17H19N5OS/c1-10-4-3-6-22-14(11(2)18-15(10)22)9-21-7-5-13-12(8-21)16(23)20-17(24)19-13/h3-4,6H,5,7-9H2,1-2H3,(H2,19,20,23,24). The summed E-state index contributed by atoms with van der Waals surface area (Å²) in [6, 6.07) is 4.12. The van der Waals surface area contributed by atoms with Crippen molar-refractivity contribution in [2.45, 2.75) is 33.4 Å². The SMILES string of the molecule is Cc1nc2c(C)cccn2c1CN1CCc2[nH]c(=S)[nH]c(=O)c2C1. The summed E-state index contributed by atoms with van der Waals surface area (Å²) in [5, 5.41) is 0. The van der Waals surface area contributed by atoms with Crippen LogP contribution in [0, 0.1) is 18.6 Å². The Morgan fingerprint density at radius 1 is 1.33 bits per heavy atom. The van der Waals surface area contributed by atoms with Crippen LogP contribution in [0.25, 0.3) is 5.65 Å². The van der Waals surface area contributed by atoms with E-state index >= 15 is 0 Å². The number of pyridine rings is 1. The van der Waals surface area contributed by atoms with Crippen molar-refractivity contribution in [2.75, 3.05) is 6.54 Å². The normalized spacial score (nSPS) is 14.9. The molecule has 1 aliphatic heterocycles. The third kappa shape index (κ3) is 2.50. The van der Waals surface area contributed by atoms with Crippen molar-refractivity contribution in [1.29, 1.82) is 0 Å². The molecule has 0 bridgehead atoms. The van der Waals surface area contributed by atoms with E-state index in [0.29, 0.717) is 11.3 Å². The first-order valence-corrected chi connectivity index (χ1v) is 8.43. The van der Waals surface area contributed by atoms with Crippen molar-refractivity contribution in [3.8, 4) is 0 Å². The van der Waals surface area contributed by atoms with E-state index in [9.17, 15) is 4.79 Å². The molecule has 4 rings (SSSR count). The molecule has 0 amide bonds. The van der Waals surface area contributed by atoms with Gasteiger partial charge in [-0.1, -0.05) is 6.07 Å². The van der Waals surface area contributed by atoms with Crippen LogP contribution in [-0.2, 0) is 19.5 Å². The summed E-state index contributed by atoms with van der Waals surface area (Å²) in [4.78, 5) is 25.0. The van der Waals surface area contributed by atoms with Gasteiger partial charge in [0.25, 0.3) is 5.56 Å². The highest BCUT2D eigenvalue weighted by molar-refractivity contribution is 7.71. The van der Waals surface area contributed by atoms with Gasteiger partial charge in [-0.25, -0.2) is 4.98 Å². The average Bonchev–Trinajstić information content (AvgIpc) is 2.86. The lowest BCUT2D eigenvalue weighted by Crippen LogP contribution is -2.35. The van der Waals surface area contributed by atoms with Gasteiger partial charge in [0, 0.05) is 37.9 Å². The van der Waals surface area contributed by atoms with Gasteiger partial charge in [-0.3, -0.25) is 14.7 Å². The number of hydrogen-bond acceptors (Lipinski definition) is 4. The number of H-pyrrole nitrogens is 2. The van der Waals surface area contributed by atoms with Gasteiger partial charge in [0.05, 0.1) is 17.0 Å². The summed E-state index contributed by atoms with van der Waals surface area (Å²) >= 11 is 5.05. The van der Waals surface area contributed by atoms with E-state index in [1.165, 1.54) is 11.3 Å². The maximum atomic E-state index is 12.2. The van der Waals surface area contributed by atoms with Crippen molar-refractivity contribution < 1.29 is 0 Å². The highest BCUT2D eigenvalue weighted by atomic mass is 32.1. The average molecular weight is 341 g/mol. The Bertz CT molecular complexity index is 1050. The van der Waals surface area contributed by atoms with E-state index in [-0.39, 0.29) is 5.56 Å². The predicted octanol–water partition coefficient (Wildman–Crippen LogP) is 2.26. The van der Waals surface area contributed by atoms with Gasteiger partial charge in [0.15, 0.2) is 4.77 Å². The minimum atomic E-state index is -0.0795. The van der Waals surface area contributed by atoms with E-state index in [4.69, 9.17) is 17.2 Å². The van der Waals surface area contributed by atoms with Crippen LogP contribution >= 0.6 is 12.2 Å². The monoisotopic (exact) mass is 341 g/mol. The molecule has 0 unspecified atom stereocenters. The molecule has 24 heavy (non-hydrogen) atoms. The Balaban J connectivity index is 1.68. The van der Waals surface area contributed by atoms with Crippen molar-refractivity contribution in [3.05, 3.63) is 61.7 Å². The highest BCUT2D eigenvalue weighted by Crippen LogP contribution is 2.20. The lowest BCUT2D eigenvalue weighted by atomic mass is 10.1. The summed E-state index contributed by atoms with van der Waals surface area (Å²) in [6.45, 7) is 6.40. The minimum Gasteiger partial charge on any atom is -0.335 e. The molecule has 0 saturated heterocycles. The predicted molar refractivity (Wildman–Crippen MR) is 94.7 cm³/mol. The first kappa shape index (κ1) is 15.3. The van der Waals surface area contributed by atoms with Crippen molar-refractivity contribution >= 4 is 17.9 Å². The number of nitrogens with zero attached hydrogens (tertiary/aromatic N) is 3. The van der Waals surface area contributed by atoms with Gasteiger partial charge in [-0.2, -0.15) is 0 Å². The van der Waals surface area contributed by atoms with Crippen LogP contribution in [0.4, 0.5) is 0 Å². The van der Waals surface area contributed by atoms with Crippen LogP contribution in [0.15, 0.2) is 23.1 Å². The molecule has 0 radical (unpaired) electrons. The molecule has 0 saturated carbocycles. The second-order valence-corrected chi connectivity index (χ2v) is 6.76. The molecule has 124 valence electrons. The minimum absolute atomic E-state index is 0.0795. The molecular weight excluding hydrogens is 322 g/mol. The zero-order valence-corrected chi connectivity index (χ0v) is 14.5. The number of aryl methyl sites for hydroxylation is 2. The van der Waals surface area contributed by atoms with Crippen molar-refractivity contribution in [2.24, 2.45) is 0 Å². The summed E-state index contributed by atoms with van der Waals surface area (Å²) in [5.74, 6) is 0. The van der Waals surface area contributed by atoms with Crippen LogP contribution in [0.1, 0.15) is 28.2 Å². The lowest BCUT2D eigenvalue weighted by molar-refractivity contribution is 0.237. The fourth-order valence-electron chi connectivity index (χ4n) is 3.42. The number of aromatic nitrogens is 4. The molecule has 6 nitrogen and oxygen atoms in total. The molecule has 2 N–H and O–H groups in total. The van der Waals surface area contributed by atoms with E-state index in [1.54, 1.807) is 0 Å². The third-order valence-electron chi connectivity index (χ3n) is 4.71. The molecule has 0 aromatic carbocycles. The molecule has 0 aliphatic carbocycles. The fourth-order valence-corrected chi connectivity index (χ4v) is 3.63. The first-order valence-electron chi connectivity index (χ1n) is 8.03. The smallest absolute Gasteiger partial charge is 0.256 e. The van der Waals surface area contributed by atoms with Gasteiger partial charge in [0.1, 0.15) is 5.65 Å². The molecule has 3 aromatic heterocycles. The molecule has 0 fully saturated rings. The fraction of sp³-hybridized carbons (Fsp3) is 0.353. The van der Waals surface area contributed by atoms with E-state index in [1.807, 2.05) is 13.0 Å². The van der Waals surface area contributed by atoms with Crippen LogP contribution in [0.2, 0.25) is 0 Å². The molecule has 7 heteroatoms. The van der Waals surface area contributed by atoms with Gasteiger partial charge in [-0.05, 0) is 37.7 Å². The number of imidazole rings is 1. The van der Waals surface area contributed by atoms with E-state index < -0.39 is 0 Å². The van der Waals surface area contributed by atoms with Crippen LogP contribution < -0.4 is 5.56 Å². The summed E-state index contributed by atoms with van der Waals surface area (Å²) in [7, 11) is 0. The Kier molecular flexibility index (Phi) is 3.62. The quantitative estimate of drug-likeness (QED) is 0.702. The summed E-state index contributed by atoms with van der Waals surface area (Å²) < 4.78 is 2.56. The second kappa shape index (κ2) is 5.68. The van der Waals surface area contributed by atoms with Crippen molar-refractivity contribution in [3.63, 3.8) is 0 Å². The van der Waals surface area contributed by atoms with Crippen LogP contribution in [0.5, 0.6) is 0 Å². The Morgan fingerprint density at radius 3 is 3.00 bits per heavy atom. The first-order chi connectivity index (χ1) is 11.5. The molecular formula is C17H19N5OS. The molecule has 3 aromatic rings. The topological polar surface area (TPSA) is 69.2 Å². The van der Waals surface area contributed by atoms with Crippen molar-refractivity contribution in [1.82, 2.24) is 24.3 Å². The van der Waals surface area contributed by atoms with Gasteiger partial charge < -0.3 is 9.38 Å². The van der Waals surface area contributed by atoms with Crippen LogP contribution in [0.3, 0.4) is 0 Å². The molecule has 1 aliphatic rings. The van der Waals surface area contributed by atoms with E-state index in [2.05, 4.69) is 38.5 Å². The maximum Gasteiger partial charge on any atom is 0.256 e. The Morgan fingerprint density at radius 2 is 2.17 bits per heavy atom. The maximum absolute atomic E-state index is 12.2. The molecule has 4 heterocycles. The summed E-state index contributed by atoms with van der Waals surface area (Å²) in [6.07, 6.45) is 2.86. The number of rotatable bonds is 2. The molecule has 0 atom stereocenters. The van der Waals surface area contributed by atoms with Gasteiger partial charge in [-0.15, -0.1) is 0 Å². The third-order valence-corrected chi connectivity index (χ3v) is 4.91. The Labute approximate surface area is 144 Å².